The predicted molar refractivity (Wildman–Crippen MR) is 150 cm³/mol. The molecule has 0 unspecified atom stereocenters. The van der Waals surface area contributed by atoms with Crippen LogP contribution in [0.4, 0.5) is 17.6 Å². The summed E-state index contributed by atoms with van der Waals surface area (Å²) in [5.74, 6) is -1.48. The van der Waals surface area contributed by atoms with Crippen LogP contribution in [-0.4, -0.2) is 61.4 Å². The Kier molecular flexibility index (Phi) is 8.71. The second-order valence-corrected chi connectivity index (χ2v) is 12.1. The van der Waals surface area contributed by atoms with Crippen molar-refractivity contribution in [2.45, 2.75) is 65.9 Å². The molecule has 3 heterocycles. The first-order chi connectivity index (χ1) is 20.7. The van der Waals surface area contributed by atoms with Gasteiger partial charge in [0.1, 0.15) is 11.6 Å². The Morgan fingerprint density at radius 3 is 2.57 bits per heavy atom. The Bertz CT molecular complexity index is 1570. The number of nitrogens with one attached hydrogen (secondary N) is 1. The zero-order valence-corrected chi connectivity index (χ0v) is 24.6. The molecule has 14 heteroatoms. The van der Waals surface area contributed by atoms with E-state index in [2.05, 4.69) is 42.7 Å². The van der Waals surface area contributed by atoms with E-state index in [0.29, 0.717) is 18.9 Å². The average Bonchev–Trinajstić information content (AvgIpc) is 3.56. The van der Waals surface area contributed by atoms with Crippen LogP contribution in [0.25, 0.3) is 6.08 Å². The van der Waals surface area contributed by atoms with E-state index >= 15 is 0 Å². The molecule has 2 aromatic heterocycles. The van der Waals surface area contributed by atoms with Crippen LogP contribution in [0.2, 0.25) is 0 Å². The molecule has 1 N–H and O–H groups in total. The monoisotopic (exact) mass is 615 g/mol. The number of benzene rings is 1. The van der Waals surface area contributed by atoms with Gasteiger partial charge in [-0.2, -0.15) is 10.2 Å². The number of carbonyl (C=O) groups excluding carboxylic acids is 2. The number of unbranched alkanes of at least 4 members (excludes halogenated alkanes) is 1. The molecule has 1 aliphatic carbocycles. The van der Waals surface area contributed by atoms with Crippen LogP contribution in [0, 0.1) is 17.2 Å². The quantitative estimate of drug-likeness (QED) is 0.264. The second kappa shape index (κ2) is 12.3. The number of rotatable bonds is 10. The average molecular weight is 616 g/mol. The van der Waals surface area contributed by atoms with E-state index in [9.17, 15) is 27.2 Å². The third-order valence-electron chi connectivity index (χ3n) is 7.53. The lowest BCUT2D eigenvalue weighted by atomic mass is 9.86. The molecule has 0 saturated carbocycles. The summed E-state index contributed by atoms with van der Waals surface area (Å²) in [4.78, 5) is 26.8. The van der Waals surface area contributed by atoms with Gasteiger partial charge >= 0.3 is 6.36 Å². The topological polar surface area (TPSA) is 115 Å². The fraction of sp³-hybridized carbons (Fsp3) is 0.467. The van der Waals surface area contributed by atoms with Crippen LogP contribution in [0.3, 0.4) is 0 Å². The molecule has 0 radical (unpaired) electrons. The molecule has 1 saturated heterocycles. The van der Waals surface area contributed by atoms with E-state index in [0.717, 1.165) is 67.5 Å². The lowest BCUT2D eigenvalue weighted by molar-refractivity contribution is -0.274. The molecule has 2 amide bonds. The van der Waals surface area contributed by atoms with Crippen LogP contribution >= 0.6 is 0 Å². The minimum absolute atomic E-state index is 0.00228. The van der Waals surface area contributed by atoms with Crippen molar-refractivity contribution < 1.29 is 31.9 Å². The lowest BCUT2D eigenvalue weighted by Gasteiger charge is -2.43. The Morgan fingerprint density at radius 2 is 1.84 bits per heavy atom. The first-order valence-electron chi connectivity index (χ1n) is 14.3. The standard InChI is InChI=1S/C30H33F4N7O3/c1-29(2,3)28(43)40-15-21(16-40)18-10-19-11-22(36-37-25(19)13-18)6-4-5-9-41-17-26(38-39-41)27(42)35-14-20-12-23(7-8-24(20)31)44-30(32,33)34/h7-8,10-12,17,21H,4-6,9,13-16H2,1-3H3,(H,35,42). The molecule has 5 rings (SSSR count). The summed E-state index contributed by atoms with van der Waals surface area (Å²) in [7, 11) is 0. The summed E-state index contributed by atoms with van der Waals surface area (Å²) in [6, 6.07) is 4.63. The first-order valence-corrected chi connectivity index (χ1v) is 14.3. The maximum Gasteiger partial charge on any atom is 0.573 e. The van der Waals surface area contributed by atoms with Gasteiger partial charge < -0.3 is 15.0 Å². The summed E-state index contributed by atoms with van der Waals surface area (Å²) >= 11 is 0. The van der Waals surface area contributed by atoms with Gasteiger partial charge in [0, 0.05) is 49.5 Å². The molecule has 234 valence electrons. The molecule has 0 spiro atoms. The van der Waals surface area contributed by atoms with Crippen LogP contribution < -0.4 is 10.1 Å². The maximum atomic E-state index is 14.0. The van der Waals surface area contributed by atoms with Gasteiger partial charge in [-0.25, -0.2) is 4.39 Å². The van der Waals surface area contributed by atoms with Crippen LogP contribution in [0.5, 0.6) is 5.75 Å². The van der Waals surface area contributed by atoms with Crippen molar-refractivity contribution >= 4 is 17.9 Å². The summed E-state index contributed by atoms with van der Waals surface area (Å²) in [5.41, 5.74) is 3.68. The van der Waals surface area contributed by atoms with E-state index in [4.69, 9.17) is 0 Å². The van der Waals surface area contributed by atoms with Gasteiger partial charge in [0.2, 0.25) is 5.91 Å². The molecule has 1 aromatic carbocycles. The molecule has 0 bridgehead atoms. The van der Waals surface area contributed by atoms with Crippen molar-refractivity contribution in [2.75, 3.05) is 13.1 Å². The van der Waals surface area contributed by atoms with Gasteiger partial charge in [-0.05, 0) is 49.1 Å². The van der Waals surface area contributed by atoms with Crippen molar-refractivity contribution in [1.82, 2.24) is 35.4 Å². The Hall–Kier alpha value is -4.36. The normalized spacial score (nSPS) is 15.1. The van der Waals surface area contributed by atoms with Crippen molar-refractivity contribution in [3.8, 4) is 5.75 Å². The zero-order chi connectivity index (χ0) is 31.6. The molecule has 2 aliphatic rings. The van der Waals surface area contributed by atoms with Crippen LogP contribution in [0.15, 0.2) is 36.0 Å². The predicted octanol–water partition coefficient (Wildman–Crippen LogP) is 4.50. The smallest absolute Gasteiger partial charge is 0.406 e. The number of ether oxygens (including phenoxy) is 1. The number of aryl methyl sites for hydroxylation is 2. The largest absolute Gasteiger partial charge is 0.573 e. The number of alkyl halides is 3. The number of hydrogen-bond acceptors (Lipinski definition) is 7. The third kappa shape index (κ3) is 7.58. The summed E-state index contributed by atoms with van der Waals surface area (Å²) in [6.07, 6.45) is 1.73. The van der Waals surface area contributed by atoms with E-state index < -0.39 is 23.8 Å². The highest BCUT2D eigenvalue weighted by atomic mass is 19.4. The van der Waals surface area contributed by atoms with Crippen molar-refractivity contribution in [3.63, 3.8) is 0 Å². The number of fused-ring (bicyclic) bond motifs is 1. The Balaban J connectivity index is 1.05. The fourth-order valence-corrected chi connectivity index (χ4v) is 5.16. The summed E-state index contributed by atoms with van der Waals surface area (Å²) in [6.45, 7) is 7.44. The molecule has 3 aromatic rings. The minimum atomic E-state index is -4.92. The number of likely N-dealkylation sites (tertiary alicyclic amines) is 1. The molecule has 0 atom stereocenters. The van der Waals surface area contributed by atoms with E-state index in [1.54, 1.807) is 0 Å². The van der Waals surface area contributed by atoms with Gasteiger partial charge in [-0.3, -0.25) is 14.3 Å². The first kappa shape index (κ1) is 31.1. The third-order valence-corrected chi connectivity index (χ3v) is 7.53. The minimum Gasteiger partial charge on any atom is -0.406 e. The number of halogens is 4. The van der Waals surface area contributed by atoms with Gasteiger partial charge in [0.25, 0.3) is 5.91 Å². The fourth-order valence-electron chi connectivity index (χ4n) is 5.16. The highest BCUT2D eigenvalue weighted by Gasteiger charge is 2.38. The molecule has 44 heavy (non-hydrogen) atoms. The summed E-state index contributed by atoms with van der Waals surface area (Å²) in [5, 5.41) is 19.0. The maximum absolute atomic E-state index is 14.0. The molecule has 10 nitrogen and oxygen atoms in total. The van der Waals surface area contributed by atoms with Gasteiger partial charge in [0.05, 0.1) is 17.6 Å². The lowest BCUT2D eigenvalue weighted by Crippen LogP contribution is -2.54. The number of nitrogens with zero attached hydrogens (tertiary/aromatic N) is 6. The number of aromatic nitrogens is 5. The highest BCUT2D eigenvalue weighted by Crippen LogP contribution is 2.35. The van der Waals surface area contributed by atoms with E-state index in [1.165, 1.54) is 16.5 Å². The van der Waals surface area contributed by atoms with Gasteiger partial charge in [-0.15, -0.1) is 18.3 Å². The zero-order valence-electron chi connectivity index (χ0n) is 24.6. The SMILES string of the molecule is CC(C)(C)C(=O)N1CC(C2=Cc3cc(CCCCn4cc(C(=O)NCc5cc(OC(F)(F)F)ccc5F)nn4)nnc3C2)C1. The molecule has 1 aliphatic heterocycles. The van der Waals surface area contributed by atoms with Crippen molar-refractivity contribution in [3.05, 3.63) is 70.1 Å². The summed E-state index contributed by atoms with van der Waals surface area (Å²) < 4.78 is 56.7. The molecular formula is C30H33F4N7O3. The van der Waals surface area contributed by atoms with Crippen molar-refractivity contribution in [1.29, 1.82) is 0 Å². The Labute approximate surface area is 251 Å². The van der Waals surface area contributed by atoms with Gasteiger partial charge in [0.15, 0.2) is 5.69 Å². The van der Waals surface area contributed by atoms with Crippen LogP contribution in [0.1, 0.15) is 66.6 Å². The number of hydrogen-bond donors (Lipinski definition) is 1. The van der Waals surface area contributed by atoms with Gasteiger partial charge in [-0.1, -0.05) is 37.6 Å². The molecule has 1 fully saturated rings. The second-order valence-electron chi connectivity index (χ2n) is 12.1. The Morgan fingerprint density at radius 1 is 1.07 bits per heavy atom. The number of carbonyl (C=O) groups is 2. The molecular weight excluding hydrogens is 582 g/mol. The van der Waals surface area contributed by atoms with Crippen LogP contribution in [-0.2, 0) is 30.7 Å². The van der Waals surface area contributed by atoms with E-state index in [1.807, 2.05) is 25.7 Å². The van der Waals surface area contributed by atoms with E-state index in [-0.39, 0.29) is 29.1 Å². The number of amides is 2. The van der Waals surface area contributed by atoms with Crippen molar-refractivity contribution in [2.24, 2.45) is 11.3 Å². The highest BCUT2D eigenvalue weighted by molar-refractivity contribution is 5.91.